The van der Waals surface area contributed by atoms with Gasteiger partial charge in [0.25, 0.3) is 0 Å². The zero-order chi connectivity index (χ0) is 14.1. The molecule has 0 unspecified atom stereocenters. The largest absolute Gasteiger partial charge is 0.248 e. The first-order valence-corrected chi connectivity index (χ1v) is 7.53. The van der Waals surface area contributed by atoms with Crippen molar-refractivity contribution in [1.82, 2.24) is 4.98 Å². The molecule has 0 saturated heterocycles. The van der Waals surface area contributed by atoms with E-state index in [-0.39, 0.29) is 0 Å². The Morgan fingerprint density at radius 2 is 1.14 bits per heavy atom. The smallest absolute Gasteiger partial charge is 0.0712 e. The summed E-state index contributed by atoms with van der Waals surface area (Å²) in [4.78, 5) is 4.88. The summed E-state index contributed by atoms with van der Waals surface area (Å²) in [7, 11) is 0. The van der Waals surface area contributed by atoms with Gasteiger partial charge in [-0.15, -0.1) is 0 Å². The minimum absolute atomic E-state index is 0.734. The Balaban J connectivity index is 1.86. The topological polar surface area (TPSA) is 12.9 Å². The second-order valence-electron chi connectivity index (χ2n) is 5.68. The van der Waals surface area contributed by atoms with Crippen LogP contribution in [0.25, 0.3) is 22.5 Å². The first-order valence-electron chi connectivity index (χ1n) is 7.53. The number of nitrogens with zero attached hydrogens (tertiary/aromatic N) is 1. The lowest BCUT2D eigenvalue weighted by molar-refractivity contribution is 1.11. The number of pyridine rings is 1. The van der Waals surface area contributed by atoms with Crippen molar-refractivity contribution in [2.24, 2.45) is 0 Å². The third-order valence-electron chi connectivity index (χ3n) is 4.04. The van der Waals surface area contributed by atoms with Crippen molar-refractivity contribution < 1.29 is 0 Å². The van der Waals surface area contributed by atoms with Crippen LogP contribution in [0.5, 0.6) is 0 Å². The number of benzene rings is 2. The number of aromatic nitrogens is 1. The summed E-state index contributed by atoms with van der Waals surface area (Å²) < 4.78 is 0. The summed E-state index contributed by atoms with van der Waals surface area (Å²) in [6.07, 6.45) is 2.62. The van der Waals surface area contributed by atoms with Gasteiger partial charge >= 0.3 is 0 Å². The van der Waals surface area contributed by atoms with Crippen LogP contribution in [0.4, 0.5) is 0 Å². The Labute approximate surface area is 125 Å². The van der Waals surface area contributed by atoms with Gasteiger partial charge in [0.2, 0.25) is 0 Å². The standard InChI is InChI=1S/C20H17N/c1-3-7-16(8-4-1)19-13-18(15-11-12-15)14-20(21-19)17-9-5-2-6-10-17/h1-10,13-15H,11-12H2. The van der Waals surface area contributed by atoms with E-state index < -0.39 is 0 Å². The fourth-order valence-electron chi connectivity index (χ4n) is 2.72. The van der Waals surface area contributed by atoms with Gasteiger partial charge in [-0.25, -0.2) is 4.98 Å². The molecule has 0 radical (unpaired) electrons. The maximum atomic E-state index is 4.88. The lowest BCUT2D eigenvalue weighted by atomic mass is 10.0. The zero-order valence-electron chi connectivity index (χ0n) is 11.9. The summed E-state index contributed by atoms with van der Waals surface area (Å²) in [6, 6.07) is 25.4. The van der Waals surface area contributed by atoms with E-state index in [1.54, 1.807) is 0 Å². The highest BCUT2D eigenvalue weighted by atomic mass is 14.7. The van der Waals surface area contributed by atoms with Gasteiger partial charge in [-0.3, -0.25) is 0 Å². The molecule has 1 aliphatic carbocycles. The maximum absolute atomic E-state index is 4.88. The molecule has 1 aromatic heterocycles. The van der Waals surface area contributed by atoms with E-state index in [0.29, 0.717) is 0 Å². The molecular formula is C20H17N. The van der Waals surface area contributed by atoms with Crippen LogP contribution in [-0.4, -0.2) is 4.98 Å². The van der Waals surface area contributed by atoms with Crippen molar-refractivity contribution >= 4 is 0 Å². The molecule has 0 atom stereocenters. The molecule has 2 aromatic carbocycles. The Morgan fingerprint density at radius 3 is 1.57 bits per heavy atom. The van der Waals surface area contributed by atoms with Crippen molar-refractivity contribution in [2.75, 3.05) is 0 Å². The normalized spacial score (nSPS) is 14.1. The minimum Gasteiger partial charge on any atom is -0.248 e. The molecule has 1 nitrogen and oxygen atoms in total. The number of hydrogen-bond acceptors (Lipinski definition) is 1. The van der Waals surface area contributed by atoms with Gasteiger partial charge in [-0.2, -0.15) is 0 Å². The van der Waals surface area contributed by atoms with Gasteiger partial charge in [-0.1, -0.05) is 60.7 Å². The second-order valence-corrected chi connectivity index (χ2v) is 5.68. The molecule has 1 heteroatoms. The molecular weight excluding hydrogens is 254 g/mol. The van der Waals surface area contributed by atoms with Crippen LogP contribution in [0.15, 0.2) is 72.8 Å². The molecule has 1 aliphatic rings. The highest BCUT2D eigenvalue weighted by Gasteiger charge is 2.24. The predicted octanol–water partition coefficient (Wildman–Crippen LogP) is 5.29. The molecule has 1 heterocycles. The van der Waals surface area contributed by atoms with E-state index in [9.17, 15) is 0 Å². The number of hydrogen-bond donors (Lipinski definition) is 0. The molecule has 4 rings (SSSR count). The second kappa shape index (κ2) is 5.17. The summed E-state index contributed by atoms with van der Waals surface area (Å²) >= 11 is 0. The van der Waals surface area contributed by atoms with Gasteiger partial charge < -0.3 is 0 Å². The van der Waals surface area contributed by atoms with E-state index in [4.69, 9.17) is 4.98 Å². The summed E-state index contributed by atoms with van der Waals surface area (Å²) in [5.74, 6) is 0.734. The minimum atomic E-state index is 0.734. The number of rotatable bonds is 3. The van der Waals surface area contributed by atoms with E-state index in [2.05, 4.69) is 60.7 Å². The average Bonchev–Trinajstić information content (AvgIpc) is 3.41. The molecule has 0 spiro atoms. The molecule has 21 heavy (non-hydrogen) atoms. The lowest BCUT2D eigenvalue weighted by Crippen LogP contribution is -1.92. The highest BCUT2D eigenvalue weighted by molar-refractivity contribution is 5.67. The summed E-state index contributed by atoms with van der Waals surface area (Å²) in [6.45, 7) is 0. The van der Waals surface area contributed by atoms with Gasteiger partial charge in [0.15, 0.2) is 0 Å². The average molecular weight is 271 g/mol. The molecule has 0 aliphatic heterocycles. The molecule has 102 valence electrons. The van der Waals surface area contributed by atoms with Gasteiger partial charge in [-0.05, 0) is 36.5 Å². The van der Waals surface area contributed by atoms with Crippen LogP contribution in [-0.2, 0) is 0 Å². The van der Waals surface area contributed by atoms with Gasteiger partial charge in [0.05, 0.1) is 11.4 Å². The highest BCUT2D eigenvalue weighted by Crippen LogP contribution is 2.42. The third kappa shape index (κ3) is 2.59. The summed E-state index contributed by atoms with van der Waals surface area (Å²) in [5.41, 5.74) is 5.98. The van der Waals surface area contributed by atoms with Crippen LogP contribution in [0.2, 0.25) is 0 Å². The van der Waals surface area contributed by atoms with Gasteiger partial charge in [0.1, 0.15) is 0 Å². The monoisotopic (exact) mass is 271 g/mol. The Bertz CT molecular complexity index is 686. The lowest BCUT2D eigenvalue weighted by Gasteiger charge is -2.09. The first-order chi connectivity index (χ1) is 10.4. The Morgan fingerprint density at radius 1 is 0.667 bits per heavy atom. The van der Waals surface area contributed by atoms with E-state index in [0.717, 1.165) is 17.3 Å². The van der Waals surface area contributed by atoms with Crippen molar-refractivity contribution in [3.05, 3.63) is 78.4 Å². The molecule has 0 bridgehead atoms. The van der Waals surface area contributed by atoms with Crippen molar-refractivity contribution in [2.45, 2.75) is 18.8 Å². The Kier molecular flexibility index (Phi) is 3.04. The van der Waals surface area contributed by atoms with Crippen LogP contribution < -0.4 is 0 Å². The van der Waals surface area contributed by atoms with Crippen LogP contribution in [0, 0.1) is 0 Å². The van der Waals surface area contributed by atoms with E-state index in [1.807, 2.05) is 12.1 Å². The fraction of sp³-hybridized carbons (Fsp3) is 0.150. The van der Waals surface area contributed by atoms with Crippen molar-refractivity contribution in [3.8, 4) is 22.5 Å². The zero-order valence-corrected chi connectivity index (χ0v) is 11.9. The SMILES string of the molecule is c1ccc(-c2cc(C3CC3)cc(-c3ccccc3)n2)cc1. The van der Waals surface area contributed by atoms with Crippen LogP contribution in [0.3, 0.4) is 0 Å². The van der Waals surface area contributed by atoms with Crippen LogP contribution >= 0.6 is 0 Å². The molecule has 3 aromatic rings. The maximum Gasteiger partial charge on any atom is 0.0712 e. The molecule has 0 N–H and O–H groups in total. The molecule has 1 fully saturated rings. The van der Waals surface area contributed by atoms with E-state index >= 15 is 0 Å². The van der Waals surface area contributed by atoms with E-state index in [1.165, 1.54) is 29.5 Å². The summed E-state index contributed by atoms with van der Waals surface area (Å²) in [5, 5.41) is 0. The first kappa shape index (κ1) is 12.3. The molecule has 0 amide bonds. The molecule has 1 saturated carbocycles. The third-order valence-corrected chi connectivity index (χ3v) is 4.04. The van der Waals surface area contributed by atoms with Crippen LogP contribution in [0.1, 0.15) is 24.3 Å². The Hall–Kier alpha value is -2.41. The fourth-order valence-corrected chi connectivity index (χ4v) is 2.72. The van der Waals surface area contributed by atoms with Crippen molar-refractivity contribution in [1.29, 1.82) is 0 Å². The predicted molar refractivity (Wildman–Crippen MR) is 87.1 cm³/mol. The van der Waals surface area contributed by atoms with Crippen molar-refractivity contribution in [3.63, 3.8) is 0 Å². The quantitative estimate of drug-likeness (QED) is 0.630. The van der Waals surface area contributed by atoms with Gasteiger partial charge in [0, 0.05) is 11.1 Å².